The molecule has 0 aliphatic rings. The van der Waals surface area contributed by atoms with E-state index in [9.17, 15) is 4.39 Å². The first-order valence-electron chi connectivity index (χ1n) is 6.86. The third-order valence-corrected chi connectivity index (χ3v) is 3.26. The monoisotopic (exact) mass is 272 g/mol. The maximum atomic E-state index is 14.2. The van der Waals surface area contributed by atoms with E-state index in [0.717, 1.165) is 11.1 Å². The van der Waals surface area contributed by atoms with E-state index in [0.29, 0.717) is 18.7 Å². The van der Waals surface area contributed by atoms with Crippen molar-refractivity contribution in [2.45, 2.75) is 25.9 Å². The summed E-state index contributed by atoms with van der Waals surface area (Å²) < 4.78 is 14.2. The summed E-state index contributed by atoms with van der Waals surface area (Å²) in [6.45, 7) is 2.61. The van der Waals surface area contributed by atoms with Crippen molar-refractivity contribution in [3.05, 3.63) is 65.5 Å². The molecular formula is C17H21FN2. The number of hydrogen-bond donors (Lipinski definition) is 1. The van der Waals surface area contributed by atoms with Gasteiger partial charge in [0.2, 0.25) is 0 Å². The molecule has 1 atom stereocenters. The Morgan fingerprint density at radius 3 is 2.45 bits per heavy atom. The summed E-state index contributed by atoms with van der Waals surface area (Å²) in [7, 11) is 1.91. The SMILES string of the molecule is CC(N)Cc1cccc(F)c1N(C)Cc1ccccc1. The van der Waals surface area contributed by atoms with Crippen LogP contribution >= 0.6 is 0 Å². The summed E-state index contributed by atoms with van der Waals surface area (Å²) in [6, 6.07) is 15.3. The second-order valence-electron chi connectivity index (χ2n) is 5.27. The van der Waals surface area contributed by atoms with Crippen molar-refractivity contribution in [2.75, 3.05) is 11.9 Å². The van der Waals surface area contributed by atoms with E-state index in [2.05, 4.69) is 0 Å². The molecule has 20 heavy (non-hydrogen) atoms. The van der Waals surface area contributed by atoms with Gasteiger partial charge in [-0.1, -0.05) is 42.5 Å². The fraction of sp³-hybridized carbons (Fsp3) is 0.294. The Labute approximate surface area is 120 Å². The number of halogens is 1. The predicted octanol–water partition coefficient (Wildman–Crippen LogP) is 3.35. The molecule has 0 amide bonds. The average molecular weight is 272 g/mol. The first-order valence-corrected chi connectivity index (χ1v) is 6.86. The topological polar surface area (TPSA) is 29.3 Å². The standard InChI is InChI=1S/C17H21FN2/c1-13(19)11-15-9-6-10-16(18)17(15)20(2)12-14-7-4-3-5-8-14/h3-10,13H,11-12,19H2,1-2H3. The highest BCUT2D eigenvalue weighted by Gasteiger charge is 2.14. The van der Waals surface area contributed by atoms with Crippen LogP contribution < -0.4 is 10.6 Å². The van der Waals surface area contributed by atoms with Gasteiger partial charge in [-0.05, 0) is 30.5 Å². The van der Waals surface area contributed by atoms with Crippen molar-refractivity contribution >= 4 is 5.69 Å². The molecule has 0 aromatic heterocycles. The fourth-order valence-corrected chi connectivity index (χ4v) is 2.44. The third-order valence-electron chi connectivity index (χ3n) is 3.26. The van der Waals surface area contributed by atoms with Crippen LogP contribution in [0.15, 0.2) is 48.5 Å². The van der Waals surface area contributed by atoms with E-state index >= 15 is 0 Å². The van der Waals surface area contributed by atoms with Crippen molar-refractivity contribution in [3.63, 3.8) is 0 Å². The quantitative estimate of drug-likeness (QED) is 0.904. The number of anilines is 1. The molecule has 2 rings (SSSR count). The Bertz CT molecular complexity index is 552. The van der Waals surface area contributed by atoms with E-state index in [1.54, 1.807) is 6.07 Å². The van der Waals surface area contributed by atoms with Gasteiger partial charge >= 0.3 is 0 Å². The molecule has 2 aromatic carbocycles. The molecule has 0 saturated heterocycles. The van der Waals surface area contributed by atoms with Crippen LogP contribution in [0.5, 0.6) is 0 Å². The van der Waals surface area contributed by atoms with E-state index in [4.69, 9.17) is 5.73 Å². The van der Waals surface area contributed by atoms with Crippen molar-refractivity contribution in [1.82, 2.24) is 0 Å². The Morgan fingerprint density at radius 2 is 1.80 bits per heavy atom. The van der Waals surface area contributed by atoms with Crippen LogP contribution in [0.3, 0.4) is 0 Å². The van der Waals surface area contributed by atoms with Gasteiger partial charge in [0.1, 0.15) is 5.82 Å². The lowest BCUT2D eigenvalue weighted by Crippen LogP contribution is -2.23. The third kappa shape index (κ3) is 3.58. The molecule has 2 nitrogen and oxygen atoms in total. The van der Waals surface area contributed by atoms with E-state index < -0.39 is 0 Å². The molecule has 1 unspecified atom stereocenters. The highest BCUT2D eigenvalue weighted by atomic mass is 19.1. The van der Waals surface area contributed by atoms with Crippen molar-refractivity contribution in [2.24, 2.45) is 5.73 Å². The van der Waals surface area contributed by atoms with E-state index in [1.165, 1.54) is 6.07 Å². The van der Waals surface area contributed by atoms with Crippen LogP contribution in [-0.4, -0.2) is 13.1 Å². The van der Waals surface area contributed by atoms with Crippen LogP contribution in [0, 0.1) is 5.82 Å². The van der Waals surface area contributed by atoms with Gasteiger partial charge in [0.25, 0.3) is 0 Å². The molecule has 0 saturated carbocycles. The van der Waals surface area contributed by atoms with Crippen LogP contribution in [0.4, 0.5) is 10.1 Å². The molecule has 0 spiro atoms. The smallest absolute Gasteiger partial charge is 0.146 e. The highest BCUT2D eigenvalue weighted by Crippen LogP contribution is 2.26. The molecular weight excluding hydrogens is 251 g/mol. The number of hydrogen-bond acceptors (Lipinski definition) is 2. The zero-order valence-corrected chi connectivity index (χ0v) is 12.0. The van der Waals surface area contributed by atoms with Crippen LogP contribution in [0.25, 0.3) is 0 Å². The van der Waals surface area contributed by atoms with Crippen molar-refractivity contribution in [1.29, 1.82) is 0 Å². The minimum Gasteiger partial charge on any atom is -0.368 e. The summed E-state index contributed by atoms with van der Waals surface area (Å²) in [4.78, 5) is 1.95. The minimum absolute atomic E-state index is 0.0145. The van der Waals surface area contributed by atoms with Crippen LogP contribution in [-0.2, 0) is 13.0 Å². The lowest BCUT2D eigenvalue weighted by molar-refractivity contribution is 0.616. The first-order chi connectivity index (χ1) is 9.58. The largest absolute Gasteiger partial charge is 0.368 e. The Balaban J connectivity index is 2.26. The molecule has 0 aliphatic carbocycles. The number of nitrogens with zero attached hydrogens (tertiary/aromatic N) is 1. The van der Waals surface area contributed by atoms with Gasteiger partial charge in [0, 0.05) is 19.6 Å². The van der Waals surface area contributed by atoms with Gasteiger partial charge in [-0.3, -0.25) is 0 Å². The van der Waals surface area contributed by atoms with Gasteiger partial charge < -0.3 is 10.6 Å². The summed E-state index contributed by atoms with van der Waals surface area (Å²) in [5.74, 6) is -0.193. The van der Waals surface area contributed by atoms with Crippen LogP contribution in [0.2, 0.25) is 0 Å². The summed E-state index contributed by atoms with van der Waals surface area (Å²) in [6.07, 6.45) is 0.673. The van der Waals surface area contributed by atoms with E-state index in [-0.39, 0.29) is 11.9 Å². The van der Waals surface area contributed by atoms with Gasteiger partial charge in [-0.15, -0.1) is 0 Å². The number of rotatable bonds is 5. The number of benzene rings is 2. The number of para-hydroxylation sites is 1. The second kappa shape index (κ2) is 6.53. The maximum Gasteiger partial charge on any atom is 0.146 e. The maximum absolute atomic E-state index is 14.2. The Hall–Kier alpha value is -1.87. The molecule has 2 aromatic rings. The average Bonchev–Trinajstić information content (AvgIpc) is 2.39. The van der Waals surface area contributed by atoms with Gasteiger partial charge in [-0.2, -0.15) is 0 Å². The van der Waals surface area contributed by atoms with Crippen molar-refractivity contribution < 1.29 is 4.39 Å². The minimum atomic E-state index is -0.193. The molecule has 2 N–H and O–H groups in total. The molecule has 3 heteroatoms. The summed E-state index contributed by atoms with van der Waals surface area (Å²) in [5.41, 5.74) is 8.62. The Kier molecular flexibility index (Phi) is 4.74. The first kappa shape index (κ1) is 14.5. The summed E-state index contributed by atoms with van der Waals surface area (Å²) >= 11 is 0. The van der Waals surface area contributed by atoms with E-state index in [1.807, 2.05) is 55.3 Å². The lowest BCUT2D eigenvalue weighted by atomic mass is 10.0. The van der Waals surface area contributed by atoms with Gasteiger partial charge in [0.05, 0.1) is 5.69 Å². The van der Waals surface area contributed by atoms with Crippen molar-refractivity contribution in [3.8, 4) is 0 Å². The van der Waals surface area contributed by atoms with Gasteiger partial charge in [-0.25, -0.2) is 4.39 Å². The van der Waals surface area contributed by atoms with Gasteiger partial charge in [0.15, 0.2) is 0 Å². The molecule has 0 bridgehead atoms. The summed E-state index contributed by atoms with van der Waals surface area (Å²) in [5, 5.41) is 0. The zero-order chi connectivity index (χ0) is 14.5. The highest BCUT2D eigenvalue weighted by molar-refractivity contribution is 5.55. The predicted molar refractivity (Wildman–Crippen MR) is 82.3 cm³/mol. The van der Waals surface area contributed by atoms with Crippen LogP contribution in [0.1, 0.15) is 18.1 Å². The Morgan fingerprint density at radius 1 is 1.10 bits per heavy atom. The molecule has 0 fully saturated rings. The zero-order valence-electron chi connectivity index (χ0n) is 12.0. The lowest BCUT2D eigenvalue weighted by Gasteiger charge is -2.24. The molecule has 0 radical (unpaired) electrons. The fourth-order valence-electron chi connectivity index (χ4n) is 2.44. The molecule has 0 aliphatic heterocycles. The molecule has 0 heterocycles. The molecule has 106 valence electrons. The second-order valence-corrected chi connectivity index (χ2v) is 5.27. The number of nitrogens with two attached hydrogens (primary N) is 1. The normalized spacial score (nSPS) is 12.2.